The fraction of sp³-hybridized carbons (Fsp3) is 0.286. The van der Waals surface area contributed by atoms with E-state index in [1.54, 1.807) is 18.2 Å². The van der Waals surface area contributed by atoms with Crippen LogP contribution in [0.1, 0.15) is 23.6 Å². The number of esters is 1. The summed E-state index contributed by atoms with van der Waals surface area (Å²) in [6.45, 7) is 0.750. The van der Waals surface area contributed by atoms with Gasteiger partial charge in [-0.3, -0.25) is 4.79 Å². The number of hydrogen-bond acceptors (Lipinski definition) is 5. The van der Waals surface area contributed by atoms with E-state index in [1.807, 2.05) is 0 Å². The predicted molar refractivity (Wildman–Crippen MR) is 69.0 cm³/mol. The summed E-state index contributed by atoms with van der Waals surface area (Å²) >= 11 is 0. The highest BCUT2D eigenvalue weighted by Gasteiger charge is 2.02. The molecule has 0 aromatic heterocycles. The molecule has 0 heterocycles. The first kappa shape index (κ1) is 15.1. The monoisotopic (exact) mass is 264 g/mol. The van der Waals surface area contributed by atoms with E-state index in [9.17, 15) is 9.59 Å². The van der Waals surface area contributed by atoms with Crippen LogP contribution in [0.2, 0.25) is 0 Å². The Hall–Kier alpha value is -1.98. The largest absolute Gasteiger partial charge is 0.455 e. The number of rotatable bonds is 6. The minimum Gasteiger partial charge on any atom is -0.455 e. The van der Waals surface area contributed by atoms with Crippen LogP contribution in [0.15, 0.2) is 24.3 Å². The van der Waals surface area contributed by atoms with Gasteiger partial charge in [-0.25, -0.2) is 4.79 Å². The highest BCUT2D eigenvalue weighted by atomic mass is 16.5. The number of carbonyl (C=O) groups is 2. The van der Waals surface area contributed by atoms with Gasteiger partial charge in [0.05, 0.1) is 13.2 Å². The van der Waals surface area contributed by atoms with Crippen molar-refractivity contribution in [1.82, 2.24) is 0 Å². The number of ether oxygens (including phenoxy) is 1. The van der Waals surface area contributed by atoms with Gasteiger partial charge >= 0.3 is 5.97 Å². The first-order valence-corrected chi connectivity index (χ1v) is 5.74. The van der Waals surface area contributed by atoms with E-state index in [4.69, 9.17) is 10.2 Å². The Labute approximate surface area is 111 Å². The lowest BCUT2D eigenvalue weighted by Crippen LogP contribution is -2.08. The maximum Gasteiger partial charge on any atom is 0.331 e. The SMILES string of the molecule is CC(=O)COC(=O)C=Cc1ccc(CO)c(CO)c1. The van der Waals surface area contributed by atoms with Crippen molar-refractivity contribution in [2.75, 3.05) is 6.61 Å². The summed E-state index contributed by atoms with van der Waals surface area (Å²) < 4.78 is 4.66. The van der Waals surface area contributed by atoms with E-state index in [2.05, 4.69) is 4.74 Å². The molecule has 0 fully saturated rings. The topological polar surface area (TPSA) is 83.8 Å². The van der Waals surface area contributed by atoms with Gasteiger partial charge in [0.25, 0.3) is 0 Å². The average Bonchev–Trinajstić information content (AvgIpc) is 2.42. The minimum absolute atomic E-state index is 0.152. The smallest absolute Gasteiger partial charge is 0.331 e. The Balaban J connectivity index is 2.71. The van der Waals surface area contributed by atoms with Gasteiger partial charge in [0.2, 0.25) is 0 Å². The van der Waals surface area contributed by atoms with Crippen LogP contribution in [-0.4, -0.2) is 28.6 Å². The van der Waals surface area contributed by atoms with E-state index in [-0.39, 0.29) is 25.6 Å². The van der Waals surface area contributed by atoms with Crippen LogP contribution in [0.25, 0.3) is 6.08 Å². The Morgan fingerprint density at radius 1 is 1.21 bits per heavy atom. The van der Waals surface area contributed by atoms with Crippen LogP contribution in [0, 0.1) is 0 Å². The molecule has 5 heteroatoms. The summed E-state index contributed by atoms with van der Waals surface area (Å²) in [5.41, 5.74) is 1.93. The van der Waals surface area contributed by atoms with Gasteiger partial charge < -0.3 is 14.9 Å². The minimum atomic E-state index is -0.605. The lowest BCUT2D eigenvalue weighted by Gasteiger charge is -2.05. The van der Waals surface area contributed by atoms with Crippen molar-refractivity contribution in [3.05, 3.63) is 41.0 Å². The standard InChI is InChI=1S/C14H16O5/c1-10(17)9-19-14(18)5-3-11-2-4-12(7-15)13(6-11)8-16/h2-6,15-16H,7-9H2,1H3. The molecule has 0 radical (unpaired) electrons. The zero-order valence-corrected chi connectivity index (χ0v) is 10.6. The lowest BCUT2D eigenvalue weighted by atomic mass is 10.0. The molecule has 102 valence electrons. The van der Waals surface area contributed by atoms with Gasteiger partial charge in [-0.1, -0.05) is 12.1 Å². The molecule has 0 unspecified atom stereocenters. The van der Waals surface area contributed by atoms with Gasteiger partial charge in [-0.15, -0.1) is 0 Å². The van der Waals surface area contributed by atoms with Crippen molar-refractivity contribution in [3.63, 3.8) is 0 Å². The summed E-state index contributed by atoms with van der Waals surface area (Å²) in [5, 5.41) is 18.2. The van der Waals surface area contributed by atoms with Crippen molar-refractivity contribution in [2.45, 2.75) is 20.1 Å². The Bertz CT molecular complexity index is 491. The second kappa shape index (κ2) is 7.45. The molecule has 0 atom stereocenters. The fourth-order valence-electron chi connectivity index (χ4n) is 1.44. The molecular formula is C14H16O5. The van der Waals surface area contributed by atoms with E-state index in [1.165, 1.54) is 19.1 Å². The van der Waals surface area contributed by atoms with Crippen molar-refractivity contribution in [1.29, 1.82) is 0 Å². The number of benzene rings is 1. The average molecular weight is 264 g/mol. The first-order chi connectivity index (χ1) is 9.06. The molecule has 1 rings (SSSR count). The van der Waals surface area contributed by atoms with Gasteiger partial charge in [0, 0.05) is 6.08 Å². The van der Waals surface area contributed by atoms with E-state index in [0.717, 1.165) is 0 Å². The van der Waals surface area contributed by atoms with Crippen LogP contribution in [0.3, 0.4) is 0 Å². The molecule has 5 nitrogen and oxygen atoms in total. The summed E-state index contributed by atoms with van der Waals surface area (Å²) in [4.78, 5) is 21.9. The second-order valence-corrected chi connectivity index (χ2v) is 3.99. The molecule has 0 amide bonds. The van der Waals surface area contributed by atoms with Crippen LogP contribution < -0.4 is 0 Å². The maximum atomic E-state index is 11.2. The lowest BCUT2D eigenvalue weighted by molar-refractivity contribution is -0.142. The Morgan fingerprint density at radius 2 is 1.89 bits per heavy atom. The first-order valence-electron chi connectivity index (χ1n) is 5.74. The number of aliphatic hydroxyl groups excluding tert-OH is 2. The fourth-order valence-corrected chi connectivity index (χ4v) is 1.44. The second-order valence-electron chi connectivity index (χ2n) is 3.99. The molecule has 0 saturated carbocycles. The van der Waals surface area contributed by atoms with E-state index >= 15 is 0 Å². The third-order valence-electron chi connectivity index (χ3n) is 2.40. The van der Waals surface area contributed by atoms with Gasteiger partial charge in [-0.2, -0.15) is 0 Å². The molecule has 19 heavy (non-hydrogen) atoms. The third-order valence-corrected chi connectivity index (χ3v) is 2.40. The van der Waals surface area contributed by atoms with Gasteiger partial charge in [0.15, 0.2) is 5.78 Å². The van der Waals surface area contributed by atoms with E-state index < -0.39 is 5.97 Å². The molecule has 0 aliphatic carbocycles. The molecule has 0 spiro atoms. The molecule has 0 saturated heterocycles. The number of aliphatic hydroxyl groups is 2. The van der Waals surface area contributed by atoms with Crippen molar-refractivity contribution < 1.29 is 24.5 Å². The number of ketones is 1. The summed E-state index contributed by atoms with van der Waals surface area (Å²) in [7, 11) is 0. The Kier molecular flexibility index (Phi) is 5.92. The summed E-state index contributed by atoms with van der Waals surface area (Å²) in [6, 6.07) is 5.05. The van der Waals surface area contributed by atoms with Crippen molar-refractivity contribution in [3.8, 4) is 0 Å². The predicted octanol–water partition coefficient (Wildman–Crippen LogP) is 0.817. The van der Waals surface area contributed by atoms with E-state index in [0.29, 0.717) is 16.7 Å². The van der Waals surface area contributed by atoms with Crippen LogP contribution in [0.4, 0.5) is 0 Å². The van der Waals surface area contributed by atoms with Crippen molar-refractivity contribution in [2.24, 2.45) is 0 Å². The van der Waals surface area contributed by atoms with Crippen LogP contribution in [0.5, 0.6) is 0 Å². The molecule has 2 N–H and O–H groups in total. The van der Waals surface area contributed by atoms with Crippen LogP contribution in [-0.2, 0) is 27.5 Å². The van der Waals surface area contributed by atoms with Crippen LogP contribution >= 0.6 is 0 Å². The molecule has 1 aromatic rings. The number of hydrogen-bond donors (Lipinski definition) is 2. The van der Waals surface area contributed by atoms with Gasteiger partial charge in [0.1, 0.15) is 6.61 Å². The maximum absolute atomic E-state index is 11.2. The third kappa shape index (κ3) is 5.03. The zero-order valence-electron chi connectivity index (χ0n) is 10.6. The zero-order chi connectivity index (χ0) is 14.3. The quantitative estimate of drug-likeness (QED) is 0.587. The number of Topliss-reactive ketones (excluding diaryl/α,β-unsaturated/α-hetero) is 1. The summed E-state index contributed by atoms with van der Waals surface area (Å²) in [5.74, 6) is -0.830. The van der Waals surface area contributed by atoms with Crippen molar-refractivity contribution >= 4 is 17.8 Å². The highest BCUT2D eigenvalue weighted by Crippen LogP contribution is 2.13. The highest BCUT2D eigenvalue weighted by molar-refractivity contribution is 5.89. The molecular weight excluding hydrogens is 248 g/mol. The molecule has 1 aromatic carbocycles. The molecule has 0 bridgehead atoms. The summed E-state index contributed by atoms with van der Waals surface area (Å²) in [6.07, 6.45) is 2.72. The number of carbonyl (C=O) groups excluding carboxylic acids is 2. The molecule has 0 aliphatic heterocycles. The molecule has 0 aliphatic rings. The van der Waals surface area contributed by atoms with Gasteiger partial charge in [-0.05, 0) is 35.8 Å². The Morgan fingerprint density at radius 3 is 2.47 bits per heavy atom. The normalized spacial score (nSPS) is 10.7.